The molecule has 0 fully saturated rings. The highest BCUT2D eigenvalue weighted by atomic mass is 16.5. The third-order valence-corrected chi connectivity index (χ3v) is 4.73. The molecule has 0 unspecified atom stereocenters. The zero-order chi connectivity index (χ0) is 21.1. The van der Waals surface area contributed by atoms with Crippen LogP contribution in [0.2, 0.25) is 0 Å². The standard InChI is InChI=1S/C21H27N5O3/c1-5-23-20(27)15-12-16-19(25(17(15)22)10-7-11-29-13(2)3)24-18-14(4)8-6-9-26(18)21(16)28/h6,8-9,12-13,22H,5,7,10-11H2,1-4H3,(H,23,27)/p+1. The minimum Gasteiger partial charge on any atom is -0.379 e. The Labute approximate surface area is 169 Å². The van der Waals surface area contributed by atoms with Crippen molar-refractivity contribution >= 4 is 28.4 Å². The number of pyridine rings is 2. The summed E-state index contributed by atoms with van der Waals surface area (Å²) >= 11 is 0. The van der Waals surface area contributed by atoms with E-state index >= 15 is 0 Å². The number of nitrogens with two attached hydrogens (primary N) is 1. The first kappa shape index (κ1) is 20.7. The highest BCUT2D eigenvalue weighted by Gasteiger charge is 2.24. The number of amides is 1. The van der Waals surface area contributed by atoms with Crippen LogP contribution in [0.3, 0.4) is 0 Å². The topological polar surface area (TPSA) is 103 Å². The molecule has 0 saturated carbocycles. The molecule has 8 heteroatoms. The lowest BCUT2D eigenvalue weighted by Gasteiger charge is -2.13. The third-order valence-electron chi connectivity index (χ3n) is 4.73. The highest BCUT2D eigenvalue weighted by Crippen LogP contribution is 2.16. The number of carbonyl (C=O) groups is 1. The number of hydrogen-bond acceptors (Lipinski definition) is 5. The Morgan fingerprint density at radius 3 is 2.86 bits per heavy atom. The minimum atomic E-state index is -0.312. The summed E-state index contributed by atoms with van der Waals surface area (Å²) in [5, 5.41) is 3.11. The Kier molecular flexibility index (Phi) is 6.12. The van der Waals surface area contributed by atoms with Crippen molar-refractivity contribution < 1.29 is 14.1 Å². The van der Waals surface area contributed by atoms with Gasteiger partial charge in [-0.1, -0.05) is 11.1 Å². The van der Waals surface area contributed by atoms with E-state index in [1.165, 1.54) is 4.40 Å². The zero-order valence-electron chi connectivity index (χ0n) is 17.4. The SMILES string of the molecule is CCNC(=O)c1cc2c(=O)n3cccc(C)c3nc2[n+](CCCOC(C)C)c1N. The monoisotopic (exact) mass is 398 g/mol. The fraction of sp³-hybridized carbons (Fsp3) is 0.429. The molecule has 0 aliphatic carbocycles. The Balaban J connectivity index is 2.23. The summed E-state index contributed by atoms with van der Waals surface area (Å²) in [5.74, 6) is -0.0225. The molecule has 29 heavy (non-hydrogen) atoms. The summed E-state index contributed by atoms with van der Waals surface area (Å²) in [6.45, 7) is 9.18. The van der Waals surface area contributed by atoms with Crippen molar-refractivity contribution in [1.82, 2.24) is 14.7 Å². The molecule has 0 aliphatic rings. The number of nitrogen functional groups attached to an aromatic ring is 1. The maximum Gasteiger partial charge on any atom is 0.278 e. The minimum absolute atomic E-state index is 0.130. The highest BCUT2D eigenvalue weighted by molar-refractivity contribution is 6.00. The van der Waals surface area contributed by atoms with Gasteiger partial charge in [0.15, 0.2) is 0 Å². The largest absolute Gasteiger partial charge is 0.379 e. The quantitative estimate of drug-likeness (QED) is 0.357. The lowest BCUT2D eigenvalue weighted by molar-refractivity contribution is -0.659. The van der Waals surface area contributed by atoms with Gasteiger partial charge in [-0.25, -0.2) is 4.57 Å². The van der Waals surface area contributed by atoms with Crippen molar-refractivity contribution in [2.45, 2.75) is 46.8 Å². The second kappa shape index (κ2) is 8.57. The van der Waals surface area contributed by atoms with Crippen LogP contribution in [0.4, 0.5) is 5.82 Å². The van der Waals surface area contributed by atoms with Gasteiger partial charge in [-0.3, -0.25) is 14.0 Å². The van der Waals surface area contributed by atoms with Crippen LogP contribution in [0.1, 0.15) is 43.1 Å². The summed E-state index contributed by atoms with van der Waals surface area (Å²) in [6, 6.07) is 5.25. The van der Waals surface area contributed by atoms with E-state index in [-0.39, 0.29) is 29.0 Å². The van der Waals surface area contributed by atoms with E-state index in [4.69, 9.17) is 15.5 Å². The lowest BCUT2D eigenvalue weighted by atomic mass is 10.1. The van der Waals surface area contributed by atoms with Crippen molar-refractivity contribution in [3.8, 4) is 0 Å². The summed E-state index contributed by atoms with van der Waals surface area (Å²) in [6.07, 6.45) is 2.49. The maximum atomic E-state index is 13.2. The molecule has 154 valence electrons. The number of anilines is 1. The molecule has 3 rings (SSSR count). The second-order valence-electron chi connectivity index (χ2n) is 7.27. The zero-order valence-corrected chi connectivity index (χ0v) is 17.4. The van der Waals surface area contributed by atoms with Gasteiger partial charge in [0.1, 0.15) is 10.9 Å². The number of aryl methyl sites for hydroxylation is 2. The summed E-state index contributed by atoms with van der Waals surface area (Å²) < 4.78 is 8.87. The smallest absolute Gasteiger partial charge is 0.278 e. The van der Waals surface area contributed by atoms with Crippen LogP contribution in [0.25, 0.3) is 16.7 Å². The van der Waals surface area contributed by atoms with E-state index in [2.05, 4.69) is 5.32 Å². The lowest BCUT2D eigenvalue weighted by Crippen LogP contribution is -2.43. The molecule has 0 aromatic carbocycles. The normalized spacial score (nSPS) is 11.5. The van der Waals surface area contributed by atoms with E-state index in [1.54, 1.807) is 22.9 Å². The summed E-state index contributed by atoms with van der Waals surface area (Å²) in [5.41, 5.74) is 8.34. The number of ether oxygens (including phenoxy) is 1. The van der Waals surface area contributed by atoms with Crippen LogP contribution in [0.15, 0.2) is 29.2 Å². The van der Waals surface area contributed by atoms with Crippen molar-refractivity contribution in [2.75, 3.05) is 18.9 Å². The molecule has 0 spiro atoms. The first-order valence-electron chi connectivity index (χ1n) is 9.89. The number of rotatable bonds is 7. The van der Waals surface area contributed by atoms with Crippen molar-refractivity contribution in [1.29, 1.82) is 0 Å². The van der Waals surface area contributed by atoms with E-state index in [0.717, 1.165) is 5.56 Å². The molecular weight excluding hydrogens is 370 g/mol. The average Bonchev–Trinajstić information content (AvgIpc) is 2.67. The van der Waals surface area contributed by atoms with Crippen LogP contribution in [0, 0.1) is 6.92 Å². The van der Waals surface area contributed by atoms with Gasteiger partial charge in [0.05, 0.1) is 12.6 Å². The number of fused-ring (bicyclic) bond motifs is 2. The summed E-state index contributed by atoms with van der Waals surface area (Å²) in [7, 11) is 0. The molecular formula is C21H28N5O3+. The Hall–Kier alpha value is -3.00. The molecule has 0 atom stereocenters. The van der Waals surface area contributed by atoms with Crippen LogP contribution in [-0.4, -0.2) is 34.5 Å². The second-order valence-corrected chi connectivity index (χ2v) is 7.27. The molecule has 1 amide bonds. The van der Waals surface area contributed by atoms with Gasteiger partial charge >= 0.3 is 0 Å². The number of nitrogens with zero attached hydrogens (tertiary/aromatic N) is 3. The van der Waals surface area contributed by atoms with Crippen molar-refractivity contribution in [3.63, 3.8) is 0 Å². The van der Waals surface area contributed by atoms with Crippen molar-refractivity contribution in [3.05, 3.63) is 45.9 Å². The number of nitrogens with one attached hydrogen (secondary N) is 1. The van der Waals surface area contributed by atoms with Gasteiger partial charge in [-0.05, 0) is 39.8 Å². The van der Waals surface area contributed by atoms with Gasteiger partial charge in [0.25, 0.3) is 17.1 Å². The first-order chi connectivity index (χ1) is 13.8. The Bertz CT molecular complexity index is 1120. The number of carbonyl (C=O) groups excluding carboxylic acids is 1. The van der Waals surface area contributed by atoms with Gasteiger partial charge in [-0.2, -0.15) is 0 Å². The van der Waals surface area contributed by atoms with Gasteiger partial charge in [0, 0.05) is 31.3 Å². The summed E-state index contributed by atoms with van der Waals surface area (Å²) in [4.78, 5) is 30.5. The molecule has 3 heterocycles. The molecule has 0 radical (unpaired) electrons. The number of hydrogen-bond donors (Lipinski definition) is 2. The Morgan fingerprint density at radius 1 is 1.41 bits per heavy atom. The van der Waals surface area contributed by atoms with Gasteiger partial charge < -0.3 is 15.8 Å². The molecule has 0 aliphatic heterocycles. The fourth-order valence-corrected chi connectivity index (χ4v) is 3.32. The van der Waals surface area contributed by atoms with Crippen LogP contribution in [0.5, 0.6) is 0 Å². The third kappa shape index (κ3) is 4.07. The molecule has 0 bridgehead atoms. The average molecular weight is 398 g/mol. The molecule has 3 aromatic rings. The van der Waals surface area contributed by atoms with Gasteiger partial charge in [-0.15, -0.1) is 0 Å². The molecule has 8 nitrogen and oxygen atoms in total. The maximum absolute atomic E-state index is 13.2. The first-order valence-corrected chi connectivity index (χ1v) is 9.89. The van der Waals surface area contributed by atoms with Crippen LogP contribution in [-0.2, 0) is 11.3 Å². The van der Waals surface area contributed by atoms with E-state index in [0.29, 0.717) is 42.8 Å². The number of aromatic nitrogens is 3. The molecule has 3 N–H and O–H groups in total. The predicted molar refractivity (Wildman–Crippen MR) is 112 cm³/mol. The van der Waals surface area contributed by atoms with E-state index < -0.39 is 0 Å². The Morgan fingerprint density at radius 2 is 2.17 bits per heavy atom. The molecule has 0 saturated heterocycles. The van der Waals surface area contributed by atoms with E-state index in [1.807, 2.05) is 33.8 Å². The van der Waals surface area contributed by atoms with Crippen molar-refractivity contribution in [2.24, 2.45) is 0 Å². The van der Waals surface area contributed by atoms with Crippen LogP contribution < -0.4 is 21.2 Å². The van der Waals surface area contributed by atoms with Gasteiger partial charge in [0.2, 0.25) is 11.5 Å². The van der Waals surface area contributed by atoms with Crippen LogP contribution >= 0.6 is 0 Å². The van der Waals surface area contributed by atoms with E-state index in [9.17, 15) is 9.59 Å². The predicted octanol–water partition coefficient (Wildman–Crippen LogP) is 1.59. The molecule has 3 aromatic heterocycles. The fourth-order valence-electron chi connectivity index (χ4n) is 3.32.